The Bertz CT molecular complexity index is 1020. The van der Waals surface area contributed by atoms with Gasteiger partial charge in [-0.1, -0.05) is 6.92 Å². The number of fused-ring (bicyclic) bond motifs is 2. The fourth-order valence-corrected chi connectivity index (χ4v) is 4.95. The van der Waals surface area contributed by atoms with E-state index in [4.69, 9.17) is 19.2 Å². The molecule has 166 valence electrons. The van der Waals surface area contributed by atoms with Gasteiger partial charge in [0.25, 0.3) is 5.91 Å². The summed E-state index contributed by atoms with van der Waals surface area (Å²) in [6, 6.07) is 5.93. The molecule has 3 atom stereocenters. The number of nitrogens with zero attached hydrogens (tertiary/aromatic N) is 2. The van der Waals surface area contributed by atoms with Crippen LogP contribution in [0.15, 0.2) is 34.5 Å². The molecular weight excluding hydrogens is 464 g/mol. The molecule has 0 saturated heterocycles. The molecule has 7 nitrogen and oxygen atoms in total. The lowest BCUT2D eigenvalue weighted by Crippen LogP contribution is -2.42. The molecule has 3 heterocycles. The molecule has 4 rings (SSSR count). The van der Waals surface area contributed by atoms with Crippen molar-refractivity contribution >= 4 is 32.7 Å². The van der Waals surface area contributed by atoms with Gasteiger partial charge in [-0.3, -0.25) is 9.78 Å². The van der Waals surface area contributed by atoms with Gasteiger partial charge in [-0.25, -0.2) is 0 Å². The number of amides is 1. The number of benzene rings is 1. The van der Waals surface area contributed by atoms with E-state index in [1.165, 1.54) is 6.26 Å². The van der Waals surface area contributed by atoms with Crippen LogP contribution in [0, 0.1) is 11.8 Å². The van der Waals surface area contributed by atoms with Crippen LogP contribution in [0.3, 0.4) is 0 Å². The van der Waals surface area contributed by atoms with Crippen LogP contribution in [-0.2, 0) is 27.4 Å². The van der Waals surface area contributed by atoms with Crippen molar-refractivity contribution in [2.24, 2.45) is 11.8 Å². The highest BCUT2D eigenvalue weighted by Crippen LogP contribution is 2.37. The smallest absolute Gasteiger partial charge is 0.253 e. The second-order valence-corrected chi connectivity index (χ2v) is 8.68. The third-order valence-corrected chi connectivity index (χ3v) is 6.71. The van der Waals surface area contributed by atoms with Crippen molar-refractivity contribution in [3.8, 4) is 5.75 Å². The molecule has 1 amide bonds. The lowest BCUT2D eigenvalue weighted by atomic mass is 9.82. The summed E-state index contributed by atoms with van der Waals surface area (Å²) in [5, 5.41) is 11.0. The van der Waals surface area contributed by atoms with Crippen LogP contribution in [0.1, 0.15) is 31.5 Å². The maximum Gasteiger partial charge on any atom is 0.253 e. The van der Waals surface area contributed by atoms with Gasteiger partial charge in [0, 0.05) is 30.4 Å². The first-order chi connectivity index (χ1) is 15.0. The molecule has 0 aliphatic carbocycles. The van der Waals surface area contributed by atoms with Crippen LogP contribution in [-0.4, -0.2) is 47.5 Å². The number of aliphatic hydroxyl groups excluding tert-OH is 1. The fraction of sp³-hybridized carbons (Fsp3) is 0.478. The third-order valence-electron chi connectivity index (χ3n) is 6.09. The Labute approximate surface area is 190 Å². The minimum atomic E-state index is -0.445. The monoisotopic (exact) mass is 490 g/mol. The Balaban J connectivity index is 1.59. The zero-order chi connectivity index (χ0) is 22.1. The Morgan fingerprint density at radius 3 is 2.81 bits per heavy atom. The zero-order valence-electron chi connectivity index (χ0n) is 17.9. The van der Waals surface area contributed by atoms with Crippen LogP contribution < -0.4 is 4.74 Å². The number of carbonyl (C=O) groups excluding carboxylic acids is 1. The molecule has 0 saturated carbocycles. The van der Waals surface area contributed by atoms with Crippen molar-refractivity contribution in [3.63, 3.8) is 0 Å². The average Bonchev–Trinajstić information content (AvgIpc) is 3.19. The fourth-order valence-electron chi connectivity index (χ4n) is 4.45. The summed E-state index contributed by atoms with van der Waals surface area (Å²) in [4.78, 5) is 19.9. The second-order valence-electron chi connectivity index (χ2n) is 7.83. The highest BCUT2D eigenvalue weighted by molar-refractivity contribution is 9.10. The van der Waals surface area contributed by atoms with Crippen molar-refractivity contribution in [1.82, 2.24) is 9.88 Å². The predicted molar refractivity (Wildman–Crippen MR) is 119 cm³/mol. The molecule has 0 bridgehead atoms. The number of carbonyl (C=O) groups is 1. The van der Waals surface area contributed by atoms with Crippen molar-refractivity contribution in [3.05, 3.63) is 45.8 Å². The van der Waals surface area contributed by atoms with Crippen LogP contribution in [0.5, 0.6) is 5.75 Å². The van der Waals surface area contributed by atoms with E-state index < -0.39 is 6.29 Å². The number of hydrogen-bond acceptors (Lipinski definition) is 6. The Morgan fingerprint density at radius 1 is 1.32 bits per heavy atom. The molecule has 1 aromatic heterocycles. The van der Waals surface area contributed by atoms with Gasteiger partial charge in [0.2, 0.25) is 6.29 Å². The van der Waals surface area contributed by atoms with Crippen molar-refractivity contribution in [2.45, 2.75) is 39.6 Å². The first-order valence-corrected chi connectivity index (χ1v) is 11.3. The number of halogens is 1. The molecular formula is C23H27BrN2O5. The van der Waals surface area contributed by atoms with E-state index in [1.54, 1.807) is 12.0 Å². The molecule has 1 aromatic carbocycles. The van der Waals surface area contributed by atoms with Gasteiger partial charge in [0.15, 0.2) is 0 Å². The SMILES string of the molecule is CCOC1OC=C(C(=O)N2Cc3cc4cc(OC)c(Br)cc4nc3C2)C(CO)C1CC. The van der Waals surface area contributed by atoms with Gasteiger partial charge in [0.1, 0.15) is 5.75 Å². The quantitative estimate of drug-likeness (QED) is 0.663. The Kier molecular flexibility index (Phi) is 6.50. The number of pyridine rings is 1. The molecule has 2 aromatic rings. The topological polar surface area (TPSA) is 81.1 Å². The van der Waals surface area contributed by atoms with E-state index in [9.17, 15) is 9.90 Å². The molecule has 2 aliphatic rings. The van der Waals surface area contributed by atoms with Crippen LogP contribution in [0.2, 0.25) is 0 Å². The average molecular weight is 491 g/mol. The molecule has 2 aliphatic heterocycles. The van der Waals surface area contributed by atoms with E-state index in [2.05, 4.69) is 22.0 Å². The number of methoxy groups -OCH3 is 1. The van der Waals surface area contributed by atoms with Gasteiger partial charge in [-0.15, -0.1) is 0 Å². The number of hydrogen-bond donors (Lipinski definition) is 1. The molecule has 3 unspecified atom stereocenters. The van der Waals surface area contributed by atoms with Gasteiger partial charge in [-0.05, 0) is 53.0 Å². The number of rotatable bonds is 6. The summed E-state index contributed by atoms with van der Waals surface area (Å²) in [6.45, 7) is 5.20. The first kappa shape index (κ1) is 22.0. The summed E-state index contributed by atoms with van der Waals surface area (Å²) in [6.07, 6.45) is 1.77. The van der Waals surface area contributed by atoms with Gasteiger partial charge < -0.3 is 24.2 Å². The van der Waals surface area contributed by atoms with Crippen LogP contribution in [0.25, 0.3) is 10.9 Å². The van der Waals surface area contributed by atoms with E-state index in [-0.39, 0.29) is 24.3 Å². The van der Waals surface area contributed by atoms with E-state index >= 15 is 0 Å². The highest BCUT2D eigenvalue weighted by Gasteiger charge is 2.40. The van der Waals surface area contributed by atoms with Gasteiger partial charge >= 0.3 is 0 Å². The summed E-state index contributed by atoms with van der Waals surface area (Å²) in [5.74, 6) is 0.210. The second kappa shape index (κ2) is 9.14. The zero-order valence-corrected chi connectivity index (χ0v) is 19.5. The largest absolute Gasteiger partial charge is 0.496 e. The lowest BCUT2D eigenvalue weighted by Gasteiger charge is -2.37. The van der Waals surface area contributed by atoms with E-state index in [1.807, 2.05) is 26.0 Å². The minimum absolute atomic E-state index is 0.0793. The summed E-state index contributed by atoms with van der Waals surface area (Å²) >= 11 is 3.50. The highest BCUT2D eigenvalue weighted by atomic mass is 79.9. The molecule has 0 radical (unpaired) electrons. The molecule has 0 spiro atoms. The summed E-state index contributed by atoms with van der Waals surface area (Å²) in [5.41, 5.74) is 3.24. The third kappa shape index (κ3) is 4.04. The minimum Gasteiger partial charge on any atom is -0.496 e. The van der Waals surface area contributed by atoms with Crippen molar-refractivity contribution < 1.29 is 24.1 Å². The van der Waals surface area contributed by atoms with Crippen LogP contribution >= 0.6 is 15.9 Å². The van der Waals surface area contributed by atoms with E-state index in [0.717, 1.165) is 38.8 Å². The number of ether oxygens (including phenoxy) is 3. The summed E-state index contributed by atoms with van der Waals surface area (Å²) in [7, 11) is 1.63. The van der Waals surface area contributed by atoms with Crippen molar-refractivity contribution in [2.75, 3.05) is 20.3 Å². The molecule has 0 fully saturated rings. The normalized spacial score (nSPS) is 22.8. The standard InChI is InChI=1S/C23H27BrN2O5/c1-4-15-16(11-27)17(12-31-23(15)30-5-2)22(28)26-9-14-6-13-7-21(29-3)18(24)8-19(13)25-20(14)10-26/h6-8,12,15-16,23,27H,4-5,9-11H2,1-3H3. The molecule has 31 heavy (non-hydrogen) atoms. The maximum absolute atomic E-state index is 13.4. The van der Waals surface area contributed by atoms with Gasteiger partial charge in [0.05, 0.1) is 47.8 Å². The lowest BCUT2D eigenvalue weighted by molar-refractivity contribution is -0.164. The number of aromatic nitrogens is 1. The number of aliphatic hydroxyl groups is 1. The van der Waals surface area contributed by atoms with E-state index in [0.29, 0.717) is 25.3 Å². The molecule has 1 N–H and O–H groups in total. The summed E-state index contributed by atoms with van der Waals surface area (Å²) < 4.78 is 17.6. The van der Waals surface area contributed by atoms with Crippen molar-refractivity contribution in [1.29, 1.82) is 0 Å². The predicted octanol–water partition coefficient (Wildman–Crippen LogP) is 3.76. The first-order valence-electron chi connectivity index (χ1n) is 10.5. The molecule has 8 heteroatoms. The Morgan fingerprint density at radius 2 is 2.13 bits per heavy atom. The maximum atomic E-state index is 13.4. The van der Waals surface area contributed by atoms with Crippen LogP contribution in [0.4, 0.5) is 0 Å². The Hall–Kier alpha value is -2.16. The van der Waals surface area contributed by atoms with Gasteiger partial charge in [-0.2, -0.15) is 0 Å².